The third kappa shape index (κ3) is 15.4. The van der Waals surface area contributed by atoms with Gasteiger partial charge in [0.1, 0.15) is 0 Å². The van der Waals surface area contributed by atoms with Crippen molar-refractivity contribution in [3.8, 4) is 0 Å². The van der Waals surface area contributed by atoms with Crippen molar-refractivity contribution in [1.82, 2.24) is 0 Å². The van der Waals surface area contributed by atoms with E-state index in [-0.39, 0.29) is 23.1 Å². The maximum atomic E-state index is 10.1. The monoisotopic (exact) mass is 196 g/mol. The van der Waals surface area contributed by atoms with Crippen LogP contribution >= 0.6 is 0 Å². The number of hydrogen-bond acceptors (Lipinski definition) is 2. The predicted octanol–water partition coefficient (Wildman–Crippen LogP) is 0.793. The van der Waals surface area contributed by atoms with Gasteiger partial charge in [0.25, 0.3) is 0 Å². The molecule has 0 spiro atoms. The quantitative estimate of drug-likeness (QED) is 0.327. The zero-order valence-electron chi connectivity index (χ0n) is 8.76. The molecule has 0 N–H and O–H groups in total. The fourth-order valence-electron chi connectivity index (χ4n) is 1.27. The molecule has 0 aromatic rings. The van der Waals surface area contributed by atoms with Crippen LogP contribution in [0.3, 0.4) is 0 Å². The fourth-order valence-corrected chi connectivity index (χ4v) is 1.27. The average molecular weight is 197 g/mol. The Morgan fingerprint density at radius 3 is 1.77 bits per heavy atom. The van der Waals surface area contributed by atoms with Gasteiger partial charge in [-0.25, -0.2) is 6.29 Å². The smallest absolute Gasteiger partial charge is 0.865 e. The molecular formula is C10H20MgO2. The first-order valence-corrected chi connectivity index (χ1v) is 5.09. The topological polar surface area (TPSA) is 46.1 Å². The largest absolute Gasteiger partial charge is 2.00 e. The Kier molecular flexibility index (Phi) is 15.7. The van der Waals surface area contributed by atoms with Crippen LogP contribution in [-0.2, 0) is 0 Å². The third-order valence-electron chi connectivity index (χ3n) is 2.04. The molecule has 0 aromatic heterocycles. The molecule has 0 aliphatic heterocycles. The molecule has 0 aliphatic carbocycles. The fraction of sp³-hybridized carbons (Fsp3) is 1.00. The van der Waals surface area contributed by atoms with Crippen LogP contribution < -0.4 is 10.2 Å². The Morgan fingerprint density at radius 2 is 1.31 bits per heavy atom. The van der Waals surface area contributed by atoms with E-state index in [1.807, 2.05) is 0 Å². The van der Waals surface area contributed by atoms with Crippen molar-refractivity contribution in [1.29, 1.82) is 0 Å². The van der Waals surface area contributed by atoms with Crippen molar-refractivity contribution < 1.29 is 10.2 Å². The van der Waals surface area contributed by atoms with E-state index >= 15 is 0 Å². The van der Waals surface area contributed by atoms with E-state index in [4.69, 9.17) is 0 Å². The average Bonchev–Trinajstić information content (AvgIpc) is 2.02. The summed E-state index contributed by atoms with van der Waals surface area (Å²) in [6.07, 6.45) is 6.93. The zero-order chi connectivity index (χ0) is 9.23. The van der Waals surface area contributed by atoms with Gasteiger partial charge in [-0.2, -0.15) is 0 Å². The first-order valence-electron chi connectivity index (χ1n) is 5.09. The van der Waals surface area contributed by atoms with Crippen LogP contribution in [0.1, 0.15) is 58.3 Å². The van der Waals surface area contributed by atoms with Crippen LogP contribution in [0.15, 0.2) is 0 Å². The predicted molar refractivity (Wildman–Crippen MR) is 52.2 cm³/mol. The van der Waals surface area contributed by atoms with Gasteiger partial charge in [0.2, 0.25) is 0 Å². The molecule has 0 aromatic carbocycles. The molecule has 74 valence electrons. The van der Waals surface area contributed by atoms with Crippen molar-refractivity contribution in [3.63, 3.8) is 0 Å². The first-order chi connectivity index (χ1) is 5.77. The standard InChI is InChI=1S/C10H20O2.Mg/c1-2-3-4-5-6-7-8-9-10(11)12;/h10H,2-9H2,1H3;/q-2;+2. The summed E-state index contributed by atoms with van der Waals surface area (Å²) in [5.41, 5.74) is 0. The Balaban J connectivity index is 0. The van der Waals surface area contributed by atoms with Gasteiger partial charge in [0.15, 0.2) is 0 Å². The molecule has 3 heteroatoms. The van der Waals surface area contributed by atoms with Crippen LogP contribution in [0.2, 0.25) is 0 Å². The maximum absolute atomic E-state index is 10.1. The van der Waals surface area contributed by atoms with E-state index in [0.717, 1.165) is 12.8 Å². The summed E-state index contributed by atoms with van der Waals surface area (Å²) in [5.74, 6) is 0. The van der Waals surface area contributed by atoms with E-state index in [2.05, 4.69) is 6.92 Å². The molecule has 0 radical (unpaired) electrons. The van der Waals surface area contributed by atoms with Gasteiger partial charge >= 0.3 is 23.1 Å². The molecule has 0 bridgehead atoms. The van der Waals surface area contributed by atoms with E-state index in [9.17, 15) is 10.2 Å². The van der Waals surface area contributed by atoms with E-state index in [0.29, 0.717) is 6.42 Å². The van der Waals surface area contributed by atoms with Gasteiger partial charge in [-0.3, -0.25) is 0 Å². The summed E-state index contributed by atoms with van der Waals surface area (Å²) in [6.45, 7) is 2.19. The van der Waals surface area contributed by atoms with Crippen LogP contribution in [-0.4, -0.2) is 29.3 Å². The second kappa shape index (κ2) is 12.7. The molecule has 0 rings (SSSR count). The van der Waals surface area contributed by atoms with Gasteiger partial charge < -0.3 is 10.2 Å². The van der Waals surface area contributed by atoms with Gasteiger partial charge in [0, 0.05) is 0 Å². The number of unbranched alkanes of at least 4 members (excludes halogenated alkanes) is 6. The Morgan fingerprint density at radius 1 is 0.846 bits per heavy atom. The molecule has 0 atom stereocenters. The SMILES string of the molecule is CCCCCCCCCC([O-])[O-].[Mg+2]. The van der Waals surface area contributed by atoms with Gasteiger partial charge in [0.05, 0.1) is 0 Å². The summed E-state index contributed by atoms with van der Waals surface area (Å²) in [5, 5.41) is 20.2. The van der Waals surface area contributed by atoms with Gasteiger partial charge in [-0.05, 0) is 0 Å². The minimum absolute atomic E-state index is 0. The Hall–Kier alpha value is 0.686. The molecule has 0 heterocycles. The summed E-state index contributed by atoms with van der Waals surface area (Å²) < 4.78 is 0. The molecular weight excluding hydrogens is 176 g/mol. The number of rotatable bonds is 8. The maximum Gasteiger partial charge on any atom is 2.00 e. The minimum atomic E-state index is -1.60. The Bertz CT molecular complexity index is 87.0. The number of hydrogen-bond donors (Lipinski definition) is 0. The molecule has 0 aliphatic rings. The molecule has 0 saturated carbocycles. The van der Waals surface area contributed by atoms with Gasteiger partial charge in [-0.15, -0.1) is 0 Å². The van der Waals surface area contributed by atoms with Crippen LogP contribution in [0, 0.1) is 0 Å². The zero-order valence-corrected chi connectivity index (χ0v) is 10.2. The third-order valence-corrected chi connectivity index (χ3v) is 2.04. The first kappa shape index (κ1) is 16.1. The van der Waals surface area contributed by atoms with Crippen molar-refractivity contribution in [2.75, 3.05) is 0 Å². The normalized spacial score (nSPS) is 10.2. The molecule has 0 fully saturated rings. The Labute approximate surface area is 97.9 Å². The van der Waals surface area contributed by atoms with E-state index in [1.165, 1.54) is 32.1 Å². The minimum Gasteiger partial charge on any atom is -0.865 e. The van der Waals surface area contributed by atoms with Crippen molar-refractivity contribution >= 4 is 23.1 Å². The summed E-state index contributed by atoms with van der Waals surface area (Å²) in [7, 11) is 0. The van der Waals surface area contributed by atoms with E-state index < -0.39 is 6.29 Å². The van der Waals surface area contributed by atoms with Crippen molar-refractivity contribution in [3.05, 3.63) is 0 Å². The summed E-state index contributed by atoms with van der Waals surface area (Å²) in [6, 6.07) is 0. The van der Waals surface area contributed by atoms with Crippen LogP contribution in [0.25, 0.3) is 0 Å². The molecule has 0 unspecified atom stereocenters. The van der Waals surface area contributed by atoms with Crippen LogP contribution in [0.5, 0.6) is 0 Å². The van der Waals surface area contributed by atoms with Crippen molar-refractivity contribution in [2.24, 2.45) is 0 Å². The molecule has 13 heavy (non-hydrogen) atoms. The van der Waals surface area contributed by atoms with Crippen LogP contribution in [0.4, 0.5) is 0 Å². The summed E-state index contributed by atoms with van der Waals surface area (Å²) >= 11 is 0. The van der Waals surface area contributed by atoms with Crippen molar-refractivity contribution in [2.45, 2.75) is 64.6 Å². The molecule has 2 nitrogen and oxygen atoms in total. The second-order valence-electron chi connectivity index (χ2n) is 3.34. The molecule has 0 saturated heterocycles. The van der Waals surface area contributed by atoms with Gasteiger partial charge in [-0.1, -0.05) is 58.3 Å². The second-order valence-corrected chi connectivity index (χ2v) is 3.34. The van der Waals surface area contributed by atoms with E-state index in [1.54, 1.807) is 0 Å². The molecule has 0 amide bonds. The summed E-state index contributed by atoms with van der Waals surface area (Å²) in [4.78, 5) is 0.